The topological polar surface area (TPSA) is 59.9 Å². The van der Waals surface area contributed by atoms with Crippen LogP contribution in [-0.4, -0.2) is 18.2 Å². The van der Waals surface area contributed by atoms with E-state index in [1.807, 2.05) is 48.5 Å². The molecule has 5 nitrogen and oxygen atoms in total. The molecule has 0 heterocycles. The van der Waals surface area contributed by atoms with Gasteiger partial charge >= 0.3 is 0 Å². The summed E-state index contributed by atoms with van der Waals surface area (Å²) in [6.07, 6.45) is 0.809. The summed E-state index contributed by atoms with van der Waals surface area (Å²) in [6.45, 7) is 2.06. The van der Waals surface area contributed by atoms with E-state index in [1.54, 1.807) is 37.4 Å². The largest absolute Gasteiger partial charge is 0.488 e. The van der Waals surface area contributed by atoms with Gasteiger partial charge in [0.25, 0.3) is 5.91 Å². The van der Waals surface area contributed by atoms with Gasteiger partial charge in [-0.2, -0.15) is 5.10 Å². The van der Waals surface area contributed by atoms with Crippen molar-refractivity contribution in [2.75, 3.05) is 0 Å². The average molecular weight is 488 g/mol. The molecule has 0 spiro atoms. The minimum absolute atomic E-state index is 0.376. The molecule has 0 aromatic heterocycles. The van der Waals surface area contributed by atoms with Gasteiger partial charge in [-0.1, -0.05) is 57.9 Å². The lowest BCUT2D eigenvalue weighted by molar-refractivity contribution is -0.127. The molecule has 1 N–H and O–H groups in total. The highest BCUT2D eigenvalue weighted by Crippen LogP contribution is 2.20. The third-order valence-corrected chi connectivity index (χ3v) is 4.79. The molecule has 0 saturated carbocycles. The Morgan fingerprint density at radius 3 is 2.73 bits per heavy atom. The number of nitrogens with zero attached hydrogens (tertiary/aromatic N) is 1. The number of ether oxygens (including phenoxy) is 2. The maximum absolute atomic E-state index is 12.2. The number of carbonyl (C=O) groups excluding carboxylic acids is 1. The van der Waals surface area contributed by atoms with Gasteiger partial charge < -0.3 is 9.47 Å². The number of para-hydroxylation sites is 1. The number of hydrazone groups is 1. The Morgan fingerprint density at radius 1 is 1.13 bits per heavy atom. The molecule has 0 fully saturated rings. The van der Waals surface area contributed by atoms with Gasteiger partial charge in [-0.15, -0.1) is 0 Å². The fourth-order valence-corrected chi connectivity index (χ4v) is 3.19. The Hall–Kier alpha value is -2.83. The van der Waals surface area contributed by atoms with Gasteiger partial charge in [-0.05, 0) is 55.0 Å². The molecule has 3 aromatic carbocycles. The summed E-state index contributed by atoms with van der Waals surface area (Å²) in [5.41, 5.74) is 4.27. The summed E-state index contributed by atoms with van der Waals surface area (Å²) in [5, 5.41) is 4.57. The molecule has 0 radical (unpaired) electrons. The van der Waals surface area contributed by atoms with E-state index < -0.39 is 6.10 Å². The summed E-state index contributed by atoms with van der Waals surface area (Å²) >= 11 is 9.38. The van der Waals surface area contributed by atoms with Gasteiger partial charge in [0.15, 0.2) is 6.10 Å². The lowest BCUT2D eigenvalue weighted by Crippen LogP contribution is -2.33. The van der Waals surface area contributed by atoms with Gasteiger partial charge in [0, 0.05) is 15.1 Å². The highest BCUT2D eigenvalue weighted by atomic mass is 79.9. The van der Waals surface area contributed by atoms with E-state index in [-0.39, 0.29) is 5.91 Å². The zero-order chi connectivity index (χ0) is 21.3. The lowest BCUT2D eigenvalue weighted by Gasteiger charge is -2.13. The molecule has 3 aromatic rings. The first-order chi connectivity index (χ1) is 14.5. The average Bonchev–Trinajstić information content (AvgIpc) is 2.73. The van der Waals surface area contributed by atoms with Crippen LogP contribution in [0.5, 0.6) is 11.5 Å². The molecule has 0 aliphatic carbocycles. The normalized spacial score (nSPS) is 11.8. The third kappa shape index (κ3) is 6.61. The predicted octanol–water partition coefficient (Wildman–Crippen LogP) is 5.60. The van der Waals surface area contributed by atoms with E-state index in [9.17, 15) is 4.79 Å². The Kier molecular flexibility index (Phi) is 7.88. The summed E-state index contributed by atoms with van der Waals surface area (Å²) < 4.78 is 12.5. The van der Waals surface area contributed by atoms with Crippen LogP contribution in [-0.2, 0) is 11.4 Å². The Labute approximate surface area is 188 Å². The molecular formula is C23H20BrClN2O3. The van der Waals surface area contributed by atoms with E-state index >= 15 is 0 Å². The minimum Gasteiger partial charge on any atom is -0.488 e. The van der Waals surface area contributed by atoms with Crippen molar-refractivity contribution >= 4 is 39.7 Å². The molecule has 0 bridgehead atoms. The van der Waals surface area contributed by atoms with Crippen molar-refractivity contribution in [3.05, 3.63) is 93.4 Å². The SMILES string of the molecule is C[C@@H](Oc1cccc(Cl)c1)C(=O)N/N=C\c1ccccc1OCc1cccc(Br)c1. The molecule has 1 atom stereocenters. The van der Waals surface area contributed by atoms with Gasteiger partial charge in [-0.25, -0.2) is 5.43 Å². The summed E-state index contributed by atoms with van der Waals surface area (Å²) in [6, 6.07) is 22.2. The van der Waals surface area contributed by atoms with Crippen molar-refractivity contribution in [1.82, 2.24) is 5.43 Å². The second kappa shape index (κ2) is 10.8. The number of hydrogen-bond donors (Lipinski definition) is 1. The van der Waals surface area contributed by atoms with Crippen LogP contribution in [0.1, 0.15) is 18.1 Å². The van der Waals surface area contributed by atoms with Crippen molar-refractivity contribution in [3.63, 3.8) is 0 Å². The maximum Gasteiger partial charge on any atom is 0.280 e. The summed E-state index contributed by atoms with van der Waals surface area (Å²) in [7, 11) is 0. The fraction of sp³-hybridized carbons (Fsp3) is 0.130. The zero-order valence-electron chi connectivity index (χ0n) is 16.2. The second-order valence-corrected chi connectivity index (χ2v) is 7.76. The quantitative estimate of drug-likeness (QED) is 0.332. The van der Waals surface area contributed by atoms with E-state index in [4.69, 9.17) is 21.1 Å². The fourth-order valence-electron chi connectivity index (χ4n) is 2.56. The molecule has 0 unspecified atom stereocenters. The molecule has 0 aliphatic heterocycles. The molecule has 7 heteroatoms. The van der Waals surface area contributed by atoms with Crippen molar-refractivity contribution in [2.24, 2.45) is 5.10 Å². The first kappa shape index (κ1) is 21.9. The van der Waals surface area contributed by atoms with Crippen LogP contribution >= 0.6 is 27.5 Å². The van der Waals surface area contributed by atoms with Crippen molar-refractivity contribution in [1.29, 1.82) is 0 Å². The monoisotopic (exact) mass is 486 g/mol. The predicted molar refractivity (Wildman–Crippen MR) is 122 cm³/mol. The van der Waals surface area contributed by atoms with Gasteiger partial charge in [0.1, 0.15) is 18.1 Å². The Morgan fingerprint density at radius 2 is 1.93 bits per heavy atom. The first-order valence-electron chi connectivity index (χ1n) is 9.22. The number of benzene rings is 3. The molecule has 1 amide bonds. The highest BCUT2D eigenvalue weighted by Gasteiger charge is 2.14. The smallest absolute Gasteiger partial charge is 0.280 e. The molecule has 30 heavy (non-hydrogen) atoms. The Bertz CT molecular complexity index is 1040. The Balaban J connectivity index is 1.57. The van der Waals surface area contributed by atoms with Crippen LogP contribution in [0.4, 0.5) is 0 Å². The standard InChI is InChI=1S/C23H20BrClN2O3/c1-16(30-21-10-5-9-20(25)13-21)23(28)27-26-14-18-7-2-3-11-22(18)29-15-17-6-4-8-19(24)12-17/h2-14,16H,15H2,1H3,(H,27,28)/b26-14-/t16-/m1/s1. The minimum atomic E-state index is -0.733. The van der Waals surface area contributed by atoms with Crippen LogP contribution in [0, 0.1) is 0 Å². The van der Waals surface area contributed by atoms with Crippen molar-refractivity contribution in [2.45, 2.75) is 19.6 Å². The zero-order valence-corrected chi connectivity index (χ0v) is 18.6. The highest BCUT2D eigenvalue weighted by molar-refractivity contribution is 9.10. The molecule has 154 valence electrons. The lowest BCUT2D eigenvalue weighted by atomic mass is 10.2. The number of nitrogens with one attached hydrogen (secondary N) is 1. The van der Waals surface area contributed by atoms with Crippen LogP contribution in [0.25, 0.3) is 0 Å². The summed E-state index contributed by atoms with van der Waals surface area (Å²) in [4.78, 5) is 12.2. The number of carbonyl (C=O) groups is 1. The van der Waals surface area contributed by atoms with E-state index in [0.717, 1.165) is 15.6 Å². The van der Waals surface area contributed by atoms with E-state index in [1.165, 1.54) is 0 Å². The number of rotatable bonds is 8. The number of amides is 1. The third-order valence-electron chi connectivity index (χ3n) is 4.06. The number of halogens is 2. The van der Waals surface area contributed by atoms with E-state index in [0.29, 0.717) is 23.1 Å². The maximum atomic E-state index is 12.2. The van der Waals surface area contributed by atoms with Crippen molar-refractivity contribution < 1.29 is 14.3 Å². The molecule has 0 saturated heterocycles. The van der Waals surface area contributed by atoms with Gasteiger partial charge in [0.2, 0.25) is 0 Å². The van der Waals surface area contributed by atoms with E-state index in [2.05, 4.69) is 26.5 Å². The molecular weight excluding hydrogens is 468 g/mol. The van der Waals surface area contributed by atoms with Crippen LogP contribution in [0.3, 0.4) is 0 Å². The van der Waals surface area contributed by atoms with Crippen LogP contribution < -0.4 is 14.9 Å². The molecule has 0 aliphatic rings. The first-order valence-corrected chi connectivity index (χ1v) is 10.4. The number of hydrogen-bond acceptors (Lipinski definition) is 4. The van der Waals surface area contributed by atoms with Crippen LogP contribution in [0.15, 0.2) is 82.4 Å². The van der Waals surface area contributed by atoms with Gasteiger partial charge in [-0.3, -0.25) is 4.79 Å². The molecule has 3 rings (SSSR count). The van der Waals surface area contributed by atoms with Gasteiger partial charge in [0.05, 0.1) is 6.21 Å². The van der Waals surface area contributed by atoms with Crippen molar-refractivity contribution in [3.8, 4) is 11.5 Å². The summed E-state index contributed by atoms with van der Waals surface area (Å²) in [5.74, 6) is 0.804. The van der Waals surface area contributed by atoms with Crippen LogP contribution in [0.2, 0.25) is 5.02 Å². The second-order valence-electron chi connectivity index (χ2n) is 6.41.